The summed E-state index contributed by atoms with van der Waals surface area (Å²) in [4.78, 5) is 24.8. The minimum atomic E-state index is -0.796. The Hall–Kier alpha value is -4.53. The SMILES string of the molecule is NC(C(=O)Nc1cc(-c2c[nH]c3nccc(Oc4ccc5c(c4)CNCC5)c23)ccn1)c1ccccc1. The van der Waals surface area contributed by atoms with Gasteiger partial charge in [0, 0.05) is 30.7 Å². The summed E-state index contributed by atoms with van der Waals surface area (Å²) >= 11 is 0. The molecular formula is C29H26N6O2. The van der Waals surface area contributed by atoms with E-state index in [9.17, 15) is 4.79 Å². The van der Waals surface area contributed by atoms with Crippen LogP contribution < -0.4 is 21.1 Å². The summed E-state index contributed by atoms with van der Waals surface area (Å²) in [5.41, 5.74) is 12.0. The van der Waals surface area contributed by atoms with Crippen molar-refractivity contribution >= 4 is 22.8 Å². The van der Waals surface area contributed by atoms with E-state index in [1.807, 2.05) is 60.8 Å². The first-order chi connectivity index (χ1) is 18.2. The molecule has 1 amide bonds. The Balaban J connectivity index is 1.29. The van der Waals surface area contributed by atoms with Gasteiger partial charge in [-0.1, -0.05) is 36.4 Å². The van der Waals surface area contributed by atoms with Crippen molar-refractivity contribution in [3.05, 3.63) is 102 Å². The predicted molar refractivity (Wildman–Crippen MR) is 143 cm³/mol. The van der Waals surface area contributed by atoms with Crippen LogP contribution in [0, 0.1) is 0 Å². The number of anilines is 1. The standard InChI is InChI=1S/C29H26N6O2/c30-27(19-4-2-1-3-5-19)29(36)35-25-15-20(9-12-32-25)23-17-34-28-26(23)24(10-13-33-28)37-22-7-6-18-8-11-31-16-21(18)14-22/h1-7,9-10,12-15,17,27,31H,8,11,16,30H2,(H,33,34)(H,32,35,36). The zero-order valence-electron chi connectivity index (χ0n) is 20.1. The number of amides is 1. The molecule has 5 aromatic rings. The van der Waals surface area contributed by atoms with Gasteiger partial charge in [0.2, 0.25) is 5.91 Å². The highest BCUT2D eigenvalue weighted by atomic mass is 16.5. The molecule has 4 heterocycles. The molecule has 8 nitrogen and oxygen atoms in total. The summed E-state index contributed by atoms with van der Waals surface area (Å²) < 4.78 is 6.36. The Morgan fingerprint density at radius 1 is 1.00 bits per heavy atom. The fourth-order valence-electron chi connectivity index (χ4n) is 4.67. The quantitative estimate of drug-likeness (QED) is 0.274. The Kier molecular flexibility index (Phi) is 6.10. The van der Waals surface area contributed by atoms with Crippen LogP contribution in [0.4, 0.5) is 5.82 Å². The number of ether oxygens (including phenoxy) is 1. The summed E-state index contributed by atoms with van der Waals surface area (Å²) in [7, 11) is 0. The van der Waals surface area contributed by atoms with Crippen LogP contribution in [0.2, 0.25) is 0 Å². The van der Waals surface area contributed by atoms with Crippen LogP contribution in [0.15, 0.2) is 85.3 Å². The average molecular weight is 491 g/mol. The van der Waals surface area contributed by atoms with Gasteiger partial charge in [0.1, 0.15) is 29.0 Å². The molecule has 37 heavy (non-hydrogen) atoms. The van der Waals surface area contributed by atoms with Crippen LogP contribution in [-0.4, -0.2) is 27.4 Å². The third-order valence-electron chi connectivity index (χ3n) is 6.59. The molecule has 1 aliphatic rings. The van der Waals surface area contributed by atoms with Gasteiger partial charge in [0.25, 0.3) is 0 Å². The lowest BCUT2D eigenvalue weighted by Crippen LogP contribution is -2.28. The van der Waals surface area contributed by atoms with E-state index in [2.05, 4.69) is 37.7 Å². The van der Waals surface area contributed by atoms with E-state index in [4.69, 9.17) is 10.5 Å². The number of rotatable bonds is 6. The fraction of sp³-hybridized carbons (Fsp3) is 0.138. The minimum Gasteiger partial charge on any atom is -0.457 e. The van der Waals surface area contributed by atoms with Crippen LogP contribution in [0.1, 0.15) is 22.7 Å². The fourth-order valence-corrected chi connectivity index (χ4v) is 4.67. The second-order valence-corrected chi connectivity index (χ2v) is 9.00. The van der Waals surface area contributed by atoms with Crippen LogP contribution in [0.25, 0.3) is 22.2 Å². The Bertz CT molecular complexity index is 1580. The molecule has 8 heteroatoms. The van der Waals surface area contributed by atoms with Crippen LogP contribution >= 0.6 is 0 Å². The molecule has 0 bridgehead atoms. The smallest absolute Gasteiger partial charge is 0.247 e. The lowest BCUT2D eigenvalue weighted by Gasteiger charge is -2.18. The number of fused-ring (bicyclic) bond motifs is 2. The number of carbonyl (C=O) groups is 1. The van der Waals surface area contributed by atoms with E-state index < -0.39 is 6.04 Å². The first-order valence-electron chi connectivity index (χ1n) is 12.2. The molecule has 1 atom stereocenters. The van der Waals surface area contributed by atoms with Gasteiger partial charge in [-0.15, -0.1) is 0 Å². The number of pyridine rings is 2. The van der Waals surface area contributed by atoms with Crippen molar-refractivity contribution in [1.82, 2.24) is 20.3 Å². The van der Waals surface area contributed by atoms with Gasteiger partial charge in [0.15, 0.2) is 0 Å². The third kappa shape index (κ3) is 4.67. The van der Waals surface area contributed by atoms with E-state index in [0.29, 0.717) is 17.2 Å². The zero-order valence-corrected chi connectivity index (χ0v) is 20.1. The summed E-state index contributed by atoms with van der Waals surface area (Å²) in [5, 5.41) is 7.09. The number of benzene rings is 2. The maximum atomic E-state index is 12.8. The highest BCUT2D eigenvalue weighted by molar-refractivity contribution is 5.99. The molecule has 1 aliphatic heterocycles. The largest absolute Gasteiger partial charge is 0.457 e. The van der Waals surface area contributed by atoms with Crippen molar-refractivity contribution in [2.45, 2.75) is 19.0 Å². The molecule has 5 N–H and O–H groups in total. The van der Waals surface area contributed by atoms with Gasteiger partial charge in [-0.3, -0.25) is 4.79 Å². The van der Waals surface area contributed by atoms with Gasteiger partial charge < -0.3 is 26.1 Å². The maximum Gasteiger partial charge on any atom is 0.247 e. The number of nitrogens with zero attached hydrogens (tertiary/aromatic N) is 2. The Morgan fingerprint density at radius 2 is 1.86 bits per heavy atom. The maximum absolute atomic E-state index is 12.8. The van der Waals surface area contributed by atoms with Crippen molar-refractivity contribution in [2.24, 2.45) is 5.73 Å². The number of nitrogens with one attached hydrogen (secondary N) is 3. The molecule has 3 aromatic heterocycles. The highest BCUT2D eigenvalue weighted by Gasteiger charge is 2.18. The molecular weight excluding hydrogens is 464 g/mol. The van der Waals surface area contributed by atoms with E-state index in [1.54, 1.807) is 12.4 Å². The molecule has 0 spiro atoms. The zero-order chi connectivity index (χ0) is 25.2. The normalized spacial score (nSPS) is 13.6. The Morgan fingerprint density at radius 3 is 2.76 bits per heavy atom. The molecule has 0 radical (unpaired) electrons. The number of aromatic nitrogens is 3. The molecule has 0 aliphatic carbocycles. The summed E-state index contributed by atoms with van der Waals surface area (Å²) in [6.07, 6.45) is 6.29. The van der Waals surface area contributed by atoms with Crippen LogP contribution in [0.3, 0.4) is 0 Å². The summed E-state index contributed by atoms with van der Waals surface area (Å²) in [6, 6.07) is 20.3. The van der Waals surface area contributed by atoms with Gasteiger partial charge in [-0.05, 0) is 65.6 Å². The number of hydrogen-bond acceptors (Lipinski definition) is 6. The van der Waals surface area contributed by atoms with Crippen molar-refractivity contribution < 1.29 is 9.53 Å². The van der Waals surface area contributed by atoms with Crippen molar-refractivity contribution in [1.29, 1.82) is 0 Å². The first-order valence-corrected chi connectivity index (χ1v) is 12.2. The van der Waals surface area contributed by atoms with Gasteiger partial charge in [0.05, 0.1) is 5.39 Å². The van der Waals surface area contributed by atoms with E-state index >= 15 is 0 Å². The van der Waals surface area contributed by atoms with Crippen LogP contribution in [0.5, 0.6) is 11.5 Å². The van der Waals surface area contributed by atoms with E-state index in [0.717, 1.165) is 47.3 Å². The summed E-state index contributed by atoms with van der Waals surface area (Å²) in [6.45, 7) is 1.84. The average Bonchev–Trinajstić information content (AvgIpc) is 3.39. The molecule has 0 saturated carbocycles. The van der Waals surface area contributed by atoms with Crippen molar-refractivity contribution in [3.8, 4) is 22.6 Å². The molecule has 184 valence electrons. The lowest BCUT2D eigenvalue weighted by molar-refractivity contribution is -0.117. The van der Waals surface area contributed by atoms with Crippen molar-refractivity contribution in [2.75, 3.05) is 11.9 Å². The Labute approximate surface area is 213 Å². The van der Waals surface area contributed by atoms with Crippen molar-refractivity contribution in [3.63, 3.8) is 0 Å². The summed E-state index contributed by atoms with van der Waals surface area (Å²) in [5.74, 6) is 1.55. The van der Waals surface area contributed by atoms with Gasteiger partial charge in [-0.25, -0.2) is 9.97 Å². The number of hydrogen-bond donors (Lipinski definition) is 4. The second kappa shape index (κ2) is 9.85. The third-order valence-corrected chi connectivity index (χ3v) is 6.59. The first kappa shape index (κ1) is 22.9. The number of nitrogens with two attached hydrogens (primary N) is 1. The van der Waals surface area contributed by atoms with E-state index in [1.165, 1.54) is 11.1 Å². The molecule has 1 unspecified atom stereocenters. The minimum absolute atomic E-state index is 0.331. The molecule has 0 fully saturated rings. The number of carbonyl (C=O) groups excluding carboxylic acids is 1. The monoisotopic (exact) mass is 490 g/mol. The topological polar surface area (TPSA) is 118 Å². The predicted octanol–water partition coefficient (Wildman–Crippen LogP) is 4.70. The van der Waals surface area contributed by atoms with Gasteiger partial charge in [-0.2, -0.15) is 0 Å². The molecule has 6 rings (SSSR count). The number of aromatic amines is 1. The number of H-pyrrole nitrogens is 1. The molecule has 2 aromatic carbocycles. The molecule has 0 saturated heterocycles. The van der Waals surface area contributed by atoms with Crippen LogP contribution in [-0.2, 0) is 17.8 Å². The van der Waals surface area contributed by atoms with Gasteiger partial charge >= 0.3 is 0 Å². The second-order valence-electron chi connectivity index (χ2n) is 9.00. The van der Waals surface area contributed by atoms with E-state index in [-0.39, 0.29) is 5.91 Å². The lowest BCUT2D eigenvalue weighted by atomic mass is 10.0. The highest BCUT2D eigenvalue weighted by Crippen LogP contribution is 2.37.